The second-order valence-corrected chi connectivity index (χ2v) is 2.47. The van der Waals surface area contributed by atoms with Gasteiger partial charge in [-0.1, -0.05) is 0 Å². The molecule has 0 aliphatic heterocycles. The average Bonchev–Trinajstić information content (AvgIpc) is 2.33. The van der Waals surface area contributed by atoms with Crippen molar-refractivity contribution < 1.29 is 5.11 Å². The van der Waals surface area contributed by atoms with Crippen LogP contribution in [0.3, 0.4) is 0 Å². The molecule has 0 unspecified atom stereocenters. The lowest BCUT2D eigenvalue weighted by Gasteiger charge is -1.92. The van der Waals surface area contributed by atoms with Gasteiger partial charge in [-0.15, -0.1) is 0 Å². The van der Waals surface area contributed by atoms with Gasteiger partial charge >= 0.3 is 0 Å². The number of hydrogen-bond donors (Lipinski definition) is 3. The number of H-pyrrole nitrogens is 1. The van der Waals surface area contributed by atoms with Crippen LogP contribution in [0.15, 0.2) is 24.4 Å². The van der Waals surface area contributed by atoms with E-state index in [-0.39, 0.29) is 5.75 Å². The molecule has 0 spiro atoms. The molecule has 0 amide bonds. The standard InChI is InChI=1S/C8H8N2O/c9-7-4-10-8-2-1-5(11)3-6(7)8/h1-4,10-11H,9H2. The summed E-state index contributed by atoms with van der Waals surface area (Å²) in [5.74, 6) is 0.240. The average molecular weight is 148 g/mol. The molecule has 1 aromatic carbocycles. The second-order valence-electron chi connectivity index (χ2n) is 2.47. The third-order valence-corrected chi connectivity index (χ3v) is 1.70. The predicted octanol–water partition coefficient (Wildman–Crippen LogP) is 1.46. The predicted molar refractivity (Wildman–Crippen MR) is 44.4 cm³/mol. The quantitative estimate of drug-likeness (QED) is 0.529. The number of aromatic hydroxyl groups is 1. The van der Waals surface area contributed by atoms with Crippen LogP contribution in [0.4, 0.5) is 5.69 Å². The van der Waals surface area contributed by atoms with Crippen LogP contribution in [0.2, 0.25) is 0 Å². The van der Waals surface area contributed by atoms with Crippen molar-refractivity contribution >= 4 is 16.6 Å². The number of phenolic OH excluding ortho intramolecular Hbond substituents is 1. The molecule has 0 saturated heterocycles. The lowest BCUT2D eigenvalue weighted by atomic mass is 10.2. The van der Waals surface area contributed by atoms with Crippen molar-refractivity contribution in [3.8, 4) is 5.75 Å². The van der Waals surface area contributed by atoms with Gasteiger partial charge in [-0.25, -0.2) is 0 Å². The van der Waals surface area contributed by atoms with Crippen LogP contribution >= 0.6 is 0 Å². The van der Waals surface area contributed by atoms with Crippen LogP contribution in [-0.2, 0) is 0 Å². The number of aromatic amines is 1. The molecule has 0 radical (unpaired) electrons. The highest BCUT2D eigenvalue weighted by Crippen LogP contribution is 2.23. The van der Waals surface area contributed by atoms with E-state index >= 15 is 0 Å². The summed E-state index contributed by atoms with van der Waals surface area (Å²) in [5, 5.41) is 9.97. The molecule has 0 saturated carbocycles. The fourth-order valence-corrected chi connectivity index (χ4v) is 1.13. The monoisotopic (exact) mass is 148 g/mol. The van der Waals surface area contributed by atoms with Gasteiger partial charge in [-0.3, -0.25) is 0 Å². The van der Waals surface area contributed by atoms with Crippen LogP contribution in [0.5, 0.6) is 5.75 Å². The number of hydrogen-bond acceptors (Lipinski definition) is 2. The number of fused-ring (bicyclic) bond motifs is 1. The van der Waals surface area contributed by atoms with E-state index in [9.17, 15) is 0 Å². The molecular weight excluding hydrogens is 140 g/mol. The van der Waals surface area contributed by atoms with Gasteiger partial charge in [0.1, 0.15) is 5.75 Å². The van der Waals surface area contributed by atoms with Crippen molar-refractivity contribution in [1.29, 1.82) is 0 Å². The normalized spacial score (nSPS) is 10.5. The van der Waals surface area contributed by atoms with Crippen molar-refractivity contribution in [3.63, 3.8) is 0 Å². The number of phenols is 1. The van der Waals surface area contributed by atoms with E-state index in [4.69, 9.17) is 10.8 Å². The van der Waals surface area contributed by atoms with Crippen LogP contribution in [0.1, 0.15) is 0 Å². The SMILES string of the molecule is Nc1c[nH]c2ccc(O)cc12. The Bertz CT molecular complexity index is 392. The Morgan fingerprint density at radius 2 is 2.18 bits per heavy atom. The Balaban J connectivity index is 2.87. The largest absolute Gasteiger partial charge is 0.508 e. The van der Waals surface area contributed by atoms with Crippen LogP contribution in [-0.4, -0.2) is 10.1 Å². The maximum Gasteiger partial charge on any atom is 0.116 e. The Labute approximate surface area is 63.5 Å². The van der Waals surface area contributed by atoms with Gasteiger partial charge in [-0.2, -0.15) is 0 Å². The summed E-state index contributed by atoms with van der Waals surface area (Å²) in [6.07, 6.45) is 1.71. The molecule has 4 N–H and O–H groups in total. The molecule has 56 valence electrons. The molecular formula is C8H8N2O. The smallest absolute Gasteiger partial charge is 0.116 e. The topological polar surface area (TPSA) is 62.0 Å². The summed E-state index contributed by atoms with van der Waals surface area (Å²) in [4.78, 5) is 2.98. The zero-order valence-corrected chi connectivity index (χ0v) is 5.83. The number of rotatable bonds is 0. The number of aromatic nitrogens is 1. The van der Waals surface area contributed by atoms with E-state index in [0.29, 0.717) is 5.69 Å². The van der Waals surface area contributed by atoms with Crippen molar-refractivity contribution in [3.05, 3.63) is 24.4 Å². The Hall–Kier alpha value is -1.64. The van der Waals surface area contributed by atoms with Gasteiger partial charge in [0.15, 0.2) is 0 Å². The summed E-state index contributed by atoms with van der Waals surface area (Å²) in [6, 6.07) is 5.06. The van der Waals surface area contributed by atoms with E-state index in [1.54, 1.807) is 24.4 Å². The third kappa shape index (κ3) is 0.816. The molecule has 0 bridgehead atoms. The molecule has 0 fully saturated rings. The van der Waals surface area contributed by atoms with Gasteiger partial charge in [0, 0.05) is 17.1 Å². The number of anilines is 1. The van der Waals surface area contributed by atoms with Gasteiger partial charge in [0.25, 0.3) is 0 Å². The van der Waals surface area contributed by atoms with Crippen LogP contribution < -0.4 is 5.73 Å². The lowest BCUT2D eigenvalue weighted by molar-refractivity contribution is 0.476. The first-order chi connectivity index (χ1) is 5.27. The molecule has 2 aromatic rings. The zero-order valence-electron chi connectivity index (χ0n) is 5.83. The summed E-state index contributed by atoms with van der Waals surface area (Å²) >= 11 is 0. The van der Waals surface area contributed by atoms with E-state index in [2.05, 4.69) is 4.98 Å². The number of nitrogen functional groups attached to an aromatic ring is 1. The molecule has 2 rings (SSSR count). The summed E-state index contributed by atoms with van der Waals surface area (Å²) in [6.45, 7) is 0. The van der Waals surface area contributed by atoms with Gasteiger partial charge in [0.05, 0.1) is 5.69 Å². The Morgan fingerprint density at radius 1 is 1.36 bits per heavy atom. The van der Waals surface area contributed by atoms with Crippen molar-refractivity contribution in [2.75, 3.05) is 5.73 Å². The molecule has 1 heterocycles. The molecule has 3 nitrogen and oxygen atoms in total. The van der Waals surface area contributed by atoms with Gasteiger partial charge in [0.2, 0.25) is 0 Å². The minimum absolute atomic E-state index is 0.240. The third-order valence-electron chi connectivity index (χ3n) is 1.70. The molecule has 1 aromatic heterocycles. The van der Waals surface area contributed by atoms with Crippen molar-refractivity contribution in [2.45, 2.75) is 0 Å². The van der Waals surface area contributed by atoms with Crippen molar-refractivity contribution in [2.24, 2.45) is 0 Å². The molecule has 0 atom stereocenters. The highest BCUT2D eigenvalue weighted by atomic mass is 16.3. The number of nitrogens with one attached hydrogen (secondary N) is 1. The van der Waals surface area contributed by atoms with Gasteiger partial charge < -0.3 is 15.8 Å². The highest BCUT2D eigenvalue weighted by Gasteiger charge is 1.99. The Kier molecular flexibility index (Phi) is 1.06. The summed E-state index contributed by atoms with van der Waals surface area (Å²) in [7, 11) is 0. The molecule has 3 heteroatoms. The maximum atomic E-state index is 9.10. The van der Waals surface area contributed by atoms with E-state index in [0.717, 1.165) is 10.9 Å². The Morgan fingerprint density at radius 3 is 3.00 bits per heavy atom. The van der Waals surface area contributed by atoms with E-state index < -0.39 is 0 Å². The molecule has 0 aliphatic rings. The number of benzene rings is 1. The molecule has 0 aliphatic carbocycles. The highest BCUT2D eigenvalue weighted by molar-refractivity contribution is 5.91. The fourth-order valence-electron chi connectivity index (χ4n) is 1.13. The minimum atomic E-state index is 0.240. The first kappa shape index (κ1) is 6.09. The second kappa shape index (κ2) is 1.92. The van der Waals surface area contributed by atoms with E-state index in [1.807, 2.05) is 0 Å². The van der Waals surface area contributed by atoms with Gasteiger partial charge in [-0.05, 0) is 18.2 Å². The van der Waals surface area contributed by atoms with Crippen LogP contribution in [0, 0.1) is 0 Å². The lowest BCUT2D eigenvalue weighted by Crippen LogP contribution is -1.79. The van der Waals surface area contributed by atoms with E-state index in [1.165, 1.54) is 0 Å². The first-order valence-corrected chi connectivity index (χ1v) is 3.33. The fraction of sp³-hybridized carbons (Fsp3) is 0. The minimum Gasteiger partial charge on any atom is -0.508 e. The van der Waals surface area contributed by atoms with Crippen LogP contribution in [0.25, 0.3) is 10.9 Å². The maximum absolute atomic E-state index is 9.10. The first-order valence-electron chi connectivity index (χ1n) is 3.33. The zero-order chi connectivity index (χ0) is 7.84. The van der Waals surface area contributed by atoms with Crippen molar-refractivity contribution in [1.82, 2.24) is 4.98 Å². The summed E-state index contributed by atoms with van der Waals surface area (Å²) in [5.41, 5.74) is 7.21. The molecule has 11 heavy (non-hydrogen) atoms. The summed E-state index contributed by atoms with van der Waals surface area (Å²) < 4.78 is 0. The number of nitrogens with two attached hydrogens (primary N) is 1.